The summed E-state index contributed by atoms with van der Waals surface area (Å²) in [4.78, 5) is 24.5. The average Bonchev–Trinajstić information content (AvgIpc) is 2.85. The van der Waals surface area contributed by atoms with E-state index in [0.717, 1.165) is 71.9 Å². The van der Waals surface area contributed by atoms with Gasteiger partial charge < -0.3 is 14.7 Å². The normalized spacial score (nSPS) is 18.4. The molecule has 0 aromatic heterocycles. The van der Waals surface area contributed by atoms with Crippen molar-refractivity contribution in [1.82, 2.24) is 19.6 Å². The number of piperazine rings is 2. The molecule has 2 aromatic carbocycles. The average molecular weight is 450 g/mol. The van der Waals surface area contributed by atoms with Gasteiger partial charge in [-0.1, -0.05) is 48.5 Å². The van der Waals surface area contributed by atoms with Crippen LogP contribution in [0.15, 0.2) is 54.6 Å². The SMILES string of the molecule is CN(C)c1ccccc1CN1CCN(C(=O)CN2CCN(CCc3ccccc3)CC2)CC1. The molecule has 0 unspecified atom stereocenters. The molecule has 178 valence electrons. The van der Waals surface area contributed by atoms with Gasteiger partial charge in [0.25, 0.3) is 0 Å². The van der Waals surface area contributed by atoms with E-state index in [-0.39, 0.29) is 0 Å². The summed E-state index contributed by atoms with van der Waals surface area (Å²) in [6, 6.07) is 19.3. The number of hydrogen-bond acceptors (Lipinski definition) is 5. The number of para-hydroxylation sites is 1. The minimum atomic E-state index is 0.293. The van der Waals surface area contributed by atoms with Gasteiger partial charge in [0.2, 0.25) is 5.91 Å². The zero-order valence-electron chi connectivity index (χ0n) is 20.3. The predicted molar refractivity (Wildman–Crippen MR) is 136 cm³/mol. The van der Waals surface area contributed by atoms with Crippen LogP contribution in [0.2, 0.25) is 0 Å². The lowest BCUT2D eigenvalue weighted by molar-refractivity contribution is -0.134. The van der Waals surface area contributed by atoms with Crippen molar-refractivity contribution in [3.05, 3.63) is 65.7 Å². The number of nitrogens with zero attached hydrogens (tertiary/aromatic N) is 5. The van der Waals surface area contributed by atoms with Crippen LogP contribution in [-0.2, 0) is 17.8 Å². The molecule has 2 aromatic rings. The van der Waals surface area contributed by atoms with E-state index in [9.17, 15) is 4.79 Å². The molecule has 0 spiro atoms. The lowest BCUT2D eigenvalue weighted by Crippen LogP contribution is -2.53. The largest absolute Gasteiger partial charge is 0.377 e. The van der Waals surface area contributed by atoms with E-state index in [0.29, 0.717) is 12.5 Å². The highest BCUT2D eigenvalue weighted by Crippen LogP contribution is 2.20. The quantitative estimate of drug-likeness (QED) is 0.618. The summed E-state index contributed by atoms with van der Waals surface area (Å²) in [7, 11) is 4.19. The number of carbonyl (C=O) groups excluding carboxylic acids is 1. The Bertz CT molecular complexity index is 871. The van der Waals surface area contributed by atoms with E-state index >= 15 is 0 Å². The molecule has 0 radical (unpaired) electrons. The van der Waals surface area contributed by atoms with Crippen molar-refractivity contribution in [3.63, 3.8) is 0 Å². The Labute approximate surface area is 199 Å². The molecule has 0 aliphatic carbocycles. The lowest BCUT2D eigenvalue weighted by atomic mass is 10.1. The van der Waals surface area contributed by atoms with Gasteiger partial charge in [0, 0.05) is 85.2 Å². The second-order valence-electron chi connectivity index (χ2n) is 9.53. The fourth-order valence-corrected chi connectivity index (χ4v) is 4.87. The Morgan fingerprint density at radius 3 is 2.06 bits per heavy atom. The Kier molecular flexibility index (Phi) is 8.37. The minimum absolute atomic E-state index is 0.293. The molecule has 2 aliphatic heterocycles. The van der Waals surface area contributed by atoms with Crippen molar-refractivity contribution in [2.24, 2.45) is 0 Å². The maximum atomic E-state index is 12.9. The summed E-state index contributed by atoms with van der Waals surface area (Å²) < 4.78 is 0. The number of hydrogen-bond donors (Lipinski definition) is 0. The predicted octanol–water partition coefficient (Wildman–Crippen LogP) is 2.26. The van der Waals surface area contributed by atoms with Gasteiger partial charge in [-0.3, -0.25) is 14.6 Å². The molecule has 4 rings (SSSR count). The second kappa shape index (κ2) is 11.6. The maximum absolute atomic E-state index is 12.9. The number of anilines is 1. The van der Waals surface area contributed by atoms with Crippen molar-refractivity contribution >= 4 is 11.6 Å². The zero-order chi connectivity index (χ0) is 23.0. The van der Waals surface area contributed by atoms with Crippen LogP contribution in [0.5, 0.6) is 0 Å². The fraction of sp³-hybridized carbons (Fsp3) is 0.519. The van der Waals surface area contributed by atoms with Crippen molar-refractivity contribution in [2.75, 3.05) is 84.4 Å². The van der Waals surface area contributed by atoms with Crippen LogP contribution in [0, 0.1) is 0 Å². The molecule has 1 amide bonds. The third-order valence-electron chi connectivity index (χ3n) is 6.98. The van der Waals surface area contributed by atoms with Crippen LogP contribution in [0.25, 0.3) is 0 Å². The molecule has 2 heterocycles. The molecule has 6 heteroatoms. The van der Waals surface area contributed by atoms with E-state index in [2.05, 4.69) is 93.2 Å². The smallest absolute Gasteiger partial charge is 0.236 e. The fourth-order valence-electron chi connectivity index (χ4n) is 4.87. The Hall–Kier alpha value is -2.41. The Morgan fingerprint density at radius 2 is 1.36 bits per heavy atom. The van der Waals surface area contributed by atoms with E-state index in [4.69, 9.17) is 0 Å². The zero-order valence-corrected chi connectivity index (χ0v) is 20.3. The molecule has 33 heavy (non-hydrogen) atoms. The molecular formula is C27H39N5O. The Balaban J connectivity index is 1.16. The summed E-state index contributed by atoms with van der Waals surface area (Å²) in [5, 5.41) is 0. The van der Waals surface area contributed by atoms with Crippen molar-refractivity contribution in [2.45, 2.75) is 13.0 Å². The van der Waals surface area contributed by atoms with Gasteiger partial charge in [-0.05, 0) is 23.6 Å². The number of benzene rings is 2. The van der Waals surface area contributed by atoms with Crippen molar-refractivity contribution in [1.29, 1.82) is 0 Å². The van der Waals surface area contributed by atoms with Gasteiger partial charge >= 0.3 is 0 Å². The maximum Gasteiger partial charge on any atom is 0.236 e. The molecular weight excluding hydrogens is 410 g/mol. The molecule has 6 nitrogen and oxygen atoms in total. The Morgan fingerprint density at radius 1 is 0.758 bits per heavy atom. The van der Waals surface area contributed by atoms with Crippen LogP contribution in [0.1, 0.15) is 11.1 Å². The molecule has 0 atom stereocenters. The standard InChI is InChI=1S/C27H39N5O/c1-28(2)26-11-7-6-10-25(26)22-30-18-20-32(21-19-30)27(33)23-31-16-14-29(15-17-31)13-12-24-8-4-3-5-9-24/h3-11H,12-23H2,1-2H3. The number of carbonyl (C=O) groups is 1. The summed E-state index contributed by atoms with van der Waals surface area (Å²) in [6.07, 6.45) is 1.10. The molecule has 2 saturated heterocycles. The first-order valence-corrected chi connectivity index (χ1v) is 12.3. The van der Waals surface area contributed by atoms with Crippen LogP contribution in [0.3, 0.4) is 0 Å². The van der Waals surface area contributed by atoms with E-state index in [1.807, 2.05) is 0 Å². The summed E-state index contributed by atoms with van der Waals surface area (Å²) in [5.74, 6) is 0.293. The van der Waals surface area contributed by atoms with Gasteiger partial charge in [0.1, 0.15) is 0 Å². The highest BCUT2D eigenvalue weighted by molar-refractivity contribution is 5.78. The number of rotatable bonds is 8. The summed E-state index contributed by atoms with van der Waals surface area (Å²) >= 11 is 0. The highest BCUT2D eigenvalue weighted by atomic mass is 16.2. The van der Waals surface area contributed by atoms with Crippen molar-refractivity contribution < 1.29 is 4.79 Å². The lowest BCUT2D eigenvalue weighted by Gasteiger charge is -2.38. The summed E-state index contributed by atoms with van der Waals surface area (Å²) in [5.41, 5.74) is 4.03. The van der Waals surface area contributed by atoms with E-state index < -0.39 is 0 Å². The van der Waals surface area contributed by atoms with Gasteiger partial charge in [0.05, 0.1) is 6.54 Å². The van der Waals surface area contributed by atoms with Gasteiger partial charge in [-0.2, -0.15) is 0 Å². The van der Waals surface area contributed by atoms with Gasteiger partial charge in [-0.15, -0.1) is 0 Å². The molecule has 0 N–H and O–H groups in total. The van der Waals surface area contributed by atoms with Gasteiger partial charge in [0.15, 0.2) is 0 Å². The molecule has 0 saturated carbocycles. The highest BCUT2D eigenvalue weighted by Gasteiger charge is 2.25. The van der Waals surface area contributed by atoms with Gasteiger partial charge in [-0.25, -0.2) is 0 Å². The molecule has 2 fully saturated rings. The second-order valence-corrected chi connectivity index (χ2v) is 9.53. The molecule has 0 bridgehead atoms. The third kappa shape index (κ3) is 6.79. The third-order valence-corrected chi connectivity index (χ3v) is 6.98. The first-order chi connectivity index (χ1) is 16.1. The topological polar surface area (TPSA) is 33.3 Å². The first-order valence-electron chi connectivity index (χ1n) is 12.3. The van der Waals surface area contributed by atoms with E-state index in [1.165, 1.54) is 16.8 Å². The van der Waals surface area contributed by atoms with Crippen LogP contribution < -0.4 is 4.90 Å². The monoisotopic (exact) mass is 449 g/mol. The van der Waals surface area contributed by atoms with Crippen LogP contribution in [-0.4, -0.2) is 105 Å². The minimum Gasteiger partial charge on any atom is -0.377 e. The first kappa shape index (κ1) is 23.7. The van der Waals surface area contributed by atoms with E-state index in [1.54, 1.807) is 0 Å². The number of amides is 1. The van der Waals surface area contributed by atoms with Crippen molar-refractivity contribution in [3.8, 4) is 0 Å². The molecule has 2 aliphatic rings. The summed E-state index contributed by atoms with van der Waals surface area (Å²) in [6.45, 7) is 10.3. The van der Waals surface area contributed by atoms with Crippen LogP contribution in [0.4, 0.5) is 5.69 Å². The van der Waals surface area contributed by atoms with Crippen LogP contribution >= 0.6 is 0 Å².